The zero-order chi connectivity index (χ0) is 13.2. The van der Waals surface area contributed by atoms with E-state index in [0.717, 1.165) is 24.0 Å². The molecule has 0 fully saturated rings. The van der Waals surface area contributed by atoms with Crippen LogP contribution in [0.1, 0.15) is 28.2 Å². The summed E-state index contributed by atoms with van der Waals surface area (Å²) in [6.07, 6.45) is 1.84. The Bertz CT molecular complexity index is 574. The number of hydroxylamine groups is 1. The largest absolute Gasteiger partial charge is 0.289 e. The summed E-state index contributed by atoms with van der Waals surface area (Å²) < 4.78 is 0. The van der Waals surface area contributed by atoms with Gasteiger partial charge in [-0.05, 0) is 35.1 Å². The van der Waals surface area contributed by atoms with E-state index in [4.69, 9.17) is 5.21 Å². The van der Waals surface area contributed by atoms with Gasteiger partial charge in [-0.2, -0.15) is 0 Å². The fourth-order valence-electron chi connectivity index (χ4n) is 2.87. The number of carbonyl (C=O) groups is 1. The van der Waals surface area contributed by atoms with Crippen molar-refractivity contribution < 1.29 is 10.0 Å². The van der Waals surface area contributed by atoms with E-state index in [1.54, 1.807) is 5.48 Å². The third-order valence-electron chi connectivity index (χ3n) is 3.77. The molecule has 0 radical (unpaired) electrons. The van der Waals surface area contributed by atoms with Crippen LogP contribution >= 0.6 is 0 Å². The number of fused-ring (bicyclic) bond motifs is 2. The SMILES string of the molecule is O=C(NO)C1c2ccccc2CCc2ccccc21. The second-order valence-corrected chi connectivity index (χ2v) is 4.81. The molecule has 2 aromatic rings. The highest BCUT2D eigenvalue weighted by molar-refractivity contribution is 5.87. The Morgan fingerprint density at radius 2 is 1.42 bits per heavy atom. The standard InChI is InChI=1S/C16H15NO2/c18-16(17-19)15-13-7-3-1-5-11(13)9-10-12-6-2-4-8-14(12)15/h1-8,15,19H,9-10H2,(H,17,18). The Balaban J connectivity index is 2.22. The third-order valence-corrected chi connectivity index (χ3v) is 3.77. The molecule has 2 aromatic carbocycles. The first-order valence-electron chi connectivity index (χ1n) is 6.41. The van der Waals surface area contributed by atoms with Gasteiger partial charge in [0.05, 0.1) is 5.92 Å². The second-order valence-electron chi connectivity index (χ2n) is 4.81. The summed E-state index contributed by atoms with van der Waals surface area (Å²) in [6, 6.07) is 15.9. The number of nitrogens with one attached hydrogen (secondary N) is 1. The van der Waals surface area contributed by atoms with Gasteiger partial charge in [0.25, 0.3) is 5.91 Å². The molecular weight excluding hydrogens is 238 g/mol. The van der Waals surface area contributed by atoms with Crippen molar-refractivity contribution >= 4 is 5.91 Å². The number of hydrogen-bond donors (Lipinski definition) is 2. The minimum absolute atomic E-state index is 0.373. The minimum Gasteiger partial charge on any atom is -0.289 e. The van der Waals surface area contributed by atoms with Crippen molar-refractivity contribution in [2.75, 3.05) is 0 Å². The van der Waals surface area contributed by atoms with E-state index in [1.807, 2.05) is 36.4 Å². The van der Waals surface area contributed by atoms with E-state index in [2.05, 4.69) is 12.1 Å². The lowest BCUT2D eigenvalue weighted by Gasteiger charge is -2.18. The molecule has 3 nitrogen and oxygen atoms in total. The molecule has 96 valence electrons. The van der Waals surface area contributed by atoms with Gasteiger partial charge in [0.15, 0.2) is 0 Å². The maximum absolute atomic E-state index is 12.1. The summed E-state index contributed by atoms with van der Waals surface area (Å²) in [4.78, 5) is 12.1. The topological polar surface area (TPSA) is 49.3 Å². The molecule has 0 aliphatic heterocycles. The number of carbonyl (C=O) groups excluding carboxylic acids is 1. The molecule has 19 heavy (non-hydrogen) atoms. The molecule has 1 aliphatic rings. The molecule has 0 bridgehead atoms. The first-order valence-corrected chi connectivity index (χ1v) is 6.41. The van der Waals surface area contributed by atoms with E-state index in [0.29, 0.717) is 0 Å². The van der Waals surface area contributed by atoms with Crippen LogP contribution in [-0.2, 0) is 17.6 Å². The smallest absolute Gasteiger partial charge is 0.255 e. The summed E-state index contributed by atoms with van der Waals surface area (Å²) in [5, 5.41) is 9.03. The minimum atomic E-state index is -0.431. The molecule has 0 spiro atoms. The van der Waals surface area contributed by atoms with Gasteiger partial charge in [0.2, 0.25) is 0 Å². The molecule has 0 aromatic heterocycles. The molecular formula is C16H15NO2. The Morgan fingerprint density at radius 1 is 0.947 bits per heavy atom. The van der Waals surface area contributed by atoms with E-state index >= 15 is 0 Å². The zero-order valence-electron chi connectivity index (χ0n) is 10.5. The summed E-state index contributed by atoms with van der Waals surface area (Å²) in [6.45, 7) is 0. The maximum Gasteiger partial charge on any atom is 0.255 e. The average Bonchev–Trinajstić information content (AvgIpc) is 2.63. The molecule has 0 saturated carbocycles. The summed E-state index contributed by atoms with van der Waals surface area (Å²) in [5.41, 5.74) is 6.12. The number of rotatable bonds is 1. The fraction of sp³-hybridized carbons (Fsp3) is 0.188. The quantitative estimate of drug-likeness (QED) is 0.605. The van der Waals surface area contributed by atoms with E-state index < -0.39 is 5.92 Å². The van der Waals surface area contributed by atoms with Gasteiger partial charge in [-0.15, -0.1) is 0 Å². The van der Waals surface area contributed by atoms with Crippen LogP contribution < -0.4 is 5.48 Å². The van der Waals surface area contributed by atoms with Gasteiger partial charge in [0.1, 0.15) is 0 Å². The third kappa shape index (κ3) is 2.02. The number of benzene rings is 2. The molecule has 1 amide bonds. The van der Waals surface area contributed by atoms with Crippen molar-refractivity contribution in [3.63, 3.8) is 0 Å². The van der Waals surface area contributed by atoms with Gasteiger partial charge >= 0.3 is 0 Å². The van der Waals surface area contributed by atoms with Crippen molar-refractivity contribution in [2.45, 2.75) is 18.8 Å². The van der Waals surface area contributed by atoms with Crippen LogP contribution in [0.3, 0.4) is 0 Å². The Kier molecular flexibility index (Phi) is 3.05. The Labute approximate surface area is 111 Å². The molecule has 0 unspecified atom stereocenters. The van der Waals surface area contributed by atoms with E-state index in [1.165, 1.54) is 11.1 Å². The molecule has 3 rings (SSSR count). The van der Waals surface area contributed by atoms with Crippen molar-refractivity contribution in [3.05, 3.63) is 70.8 Å². The lowest BCUT2D eigenvalue weighted by atomic mass is 9.87. The van der Waals surface area contributed by atoms with Crippen molar-refractivity contribution in [2.24, 2.45) is 0 Å². The predicted molar refractivity (Wildman–Crippen MR) is 72.1 cm³/mol. The maximum atomic E-state index is 12.1. The van der Waals surface area contributed by atoms with Crippen molar-refractivity contribution in [3.8, 4) is 0 Å². The summed E-state index contributed by atoms with van der Waals surface area (Å²) in [7, 11) is 0. The second kappa shape index (κ2) is 4.86. The van der Waals surface area contributed by atoms with Crippen LogP contribution in [-0.4, -0.2) is 11.1 Å². The summed E-state index contributed by atoms with van der Waals surface area (Å²) in [5.74, 6) is -0.804. The average molecular weight is 253 g/mol. The number of aryl methyl sites for hydroxylation is 2. The Hall–Kier alpha value is -2.13. The predicted octanol–water partition coefficient (Wildman–Crippen LogP) is 2.42. The van der Waals surface area contributed by atoms with Crippen LogP contribution in [0.5, 0.6) is 0 Å². The monoisotopic (exact) mass is 253 g/mol. The fourth-order valence-corrected chi connectivity index (χ4v) is 2.87. The van der Waals surface area contributed by atoms with Gasteiger partial charge in [0, 0.05) is 0 Å². The van der Waals surface area contributed by atoms with Crippen LogP contribution in [0.15, 0.2) is 48.5 Å². The first kappa shape index (κ1) is 11.9. The number of hydrogen-bond acceptors (Lipinski definition) is 2. The lowest BCUT2D eigenvalue weighted by Crippen LogP contribution is -2.27. The van der Waals surface area contributed by atoms with Crippen LogP contribution in [0.4, 0.5) is 0 Å². The number of amides is 1. The highest BCUT2D eigenvalue weighted by Gasteiger charge is 2.28. The van der Waals surface area contributed by atoms with Gasteiger partial charge in [-0.3, -0.25) is 10.0 Å². The highest BCUT2D eigenvalue weighted by atomic mass is 16.5. The zero-order valence-corrected chi connectivity index (χ0v) is 10.5. The van der Waals surface area contributed by atoms with Gasteiger partial charge in [-0.25, -0.2) is 5.48 Å². The van der Waals surface area contributed by atoms with Crippen molar-refractivity contribution in [1.82, 2.24) is 5.48 Å². The normalized spacial score (nSPS) is 14.2. The molecule has 1 aliphatic carbocycles. The van der Waals surface area contributed by atoms with Crippen LogP contribution in [0.2, 0.25) is 0 Å². The van der Waals surface area contributed by atoms with Gasteiger partial charge < -0.3 is 0 Å². The van der Waals surface area contributed by atoms with E-state index in [-0.39, 0.29) is 5.91 Å². The molecule has 3 heteroatoms. The molecule has 0 saturated heterocycles. The Morgan fingerprint density at radius 3 is 1.89 bits per heavy atom. The summed E-state index contributed by atoms with van der Waals surface area (Å²) >= 11 is 0. The lowest BCUT2D eigenvalue weighted by molar-refractivity contribution is -0.129. The first-order chi connectivity index (χ1) is 9.31. The van der Waals surface area contributed by atoms with Gasteiger partial charge in [-0.1, -0.05) is 48.5 Å². The molecule has 0 atom stereocenters. The van der Waals surface area contributed by atoms with Crippen molar-refractivity contribution in [1.29, 1.82) is 0 Å². The van der Waals surface area contributed by atoms with Crippen LogP contribution in [0.25, 0.3) is 0 Å². The molecule has 0 heterocycles. The highest BCUT2D eigenvalue weighted by Crippen LogP contribution is 2.34. The van der Waals surface area contributed by atoms with Crippen LogP contribution in [0, 0.1) is 0 Å². The van der Waals surface area contributed by atoms with E-state index in [9.17, 15) is 4.79 Å². The molecule has 2 N–H and O–H groups in total.